The average molecular weight is 829 g/mol. The number of aromatic nitrogens is 1. The molecule has 0 saturated carbocycles. The third-order valence-corrected chi connectivity index (χ3v) is 10.8. The zero-order valence-corrected chi connectivity index (χ0v) is 38.1. The number of rotatable bonds is 37. The van der Waals surface area contributed by atoms with Crippen LogP contribution in [-0.4, -0.2) is 24.6 Å². The van der Waals surface area contributed by atoms with Crippen LogP contribution >= 0.6 is 0 Å². The molecule has 0 fully saturated rings. The van der Waals surface area contributed by atoms with Crippen LogP contribution in [0.25, 0.3) is 0 Å². The molecule has 0 aromatic carbocycles. The van der Waals surface area contributed by atoms with Crippen LogP contribution in [0.2, 0.25) is 0 Å². The molecule has 0 N–H and O–H groups in total. The second-order valence-corrected chi connectivity index (χ2v) is 17.3. The summed E-state index contributed by atoms with van der Waals surface area (Å²) in [5.41, 5.74) is 3.44. The maximum Gasteiger partial charge on any atom is 0.306 e. The van der Waals surface area contributed by atoms with Crippen molar-refractivity contribution in [3.63, 3.8) is 0 Å². The van der Waals surface area contributed by atoms with Crippen LogP contribution in [0.5, 0.6) is 0 Å². The van der Waals surface area contributed by atoms with Gasteiger partial charge in [-0.1, -0.05) is 194 Å². The summed E-state index contributed by atoms with van der Waals surface area (Å²) in [5, 5.41) is 0. The van der Waals surface area contributed by atoms with Crippen LogP contribution in [0.4, 0.5) is 0 Å². The number of nitrogens with zero attached hydrogens (tertiary/aromatic N) is 1. The minimum atomic E-state index is -4.94. The van der Waals surface area contributed by atoms with Crippen molar-refractivity contribution in [1.82, 2.24) is 0 Å². The number of hydrogen-bond donors (Lipinski definition) is 0. The molecule has 9 nitrogen and oxygen atoms in total. The molecule has 0 spiro atoms. The van der Waals surface area contributed by atoms with Crippen LogP contribution < -0.4 is 23.2 Å². The quantitative estimate of drug-likeness (QED) is 0.0366. The number of unbranched alkanes of at least 4 members (excludes halogenated alkanes) is 28. The van der Waals surface area contributed by atoms with Crippen LogP contribution in [0.3, 0.4) is 0 Å². The van der Waals surface area contributed by atoms with Crippen LogP contribution in [-0.2, 0) is 25.6 Å². The highest BCUT2D eigenvalue weighted by Crippen LogP contribution is 2.16. The number of aryl methyl sites for hydroxylation is 3. The summed E-state index contributed by atoms with van der Waals surface area (Å²) >= 11 is 0. The Morgan fingerprint density at radius 1 is 0.509 bits per heavy atom. The van der Waals surface area contributed by atoms with Gasteiger partial charge in [-0.05, 0) is 25.3 Å². The first-order valence-corrected chi connectivity index (χ1v) is 24.5. The second kappa shape index (κ2) is 38.4. The molecule has 10 heteroatoms. The highest BCUT2D eigenvalue weighted by Gasteiger charge is 2.24. The Morgan fingerprint density at radius 3 is 1.11 bits per heavy atom. The standard InChI is InChI=1S/C47H86NO4.ClHO4/c1-6-8-10-12-14-16-18-20-22-24-26-28-30-32-34-36-46(49)51-41-45(40-48-43(4)38-42(3)39-44(48)5)52-47(50)37-35-33-31-29-27-25-23-21-19-17-15-13-11-9-7-2;2-1(3,4)5/h38-39,45H,6-37,40-41H2,1-5H3;(H,2,3,4,5)/q+1;/p-1. The van der Waals surface area contributed by atoms with Gasteiger partial charge >= 0.3 is 11.9 Å². The lowest BCUT2D eigenvalue weighted by Crippen LogP contribution is -2.68. The van der Waals surface area contributed by atoms with E-state index in [1.54, 1.807) is 0 Å². The topological polar surface area (TPSA) is 149 Å². The minimum Gasteiger partial charge on any atom is -0.461 e. The van der Waals surface area contributed by atoms with Gasteiger partial charge in [0.05, 0.1) is 0 Å². The molecule has 1 rings (SSSR count). The molecule has 0 amide bonds. The Bertz CT molecular complexity index is 1070. The first-order valence-electron chi connectivity index (χ1n) is 23.3. The van der Waals surface area contributed by atoms with E-state index < -0.39 is 16.3 Å². The number of halogens is 1. The summed E-state index contributed by atoms with van der Waals surface area (Å²) < 4.78 is 47.8. The maximum atomic E-state index is 12.9. The van der Waals surface area contributed by atoms with Gasteiger partial charge in [0.25, 0.3) is 0 Å². The summed E-state index contributed by atoms with van der Waals surface area (Å²) in [6.45, 7) is 11.4. The van der Waals surface area contributed by atoms with Gasteiger partial charge in [0, 0.05) is 38.8 Å². The Morgan fingerprint density at radius 2 is 0.789 bits per heavy atom. The van der Waals surface area contributed by atoms with E-state index in [2.05, 4.69) is 51.3 Å². The SMILES string of the molecule is CCCCCCCCCCCCCCCCCC(=O)OCC(C[n+]1c(C)cc(C)cc1C)OC(=O)CCCCCCCCCCCCCCCCC.[O-][Cl+3]([O-])([O-])[O-]. The van der Waals surface area contributed by atoms with E-state index in [0.717, 1.165) is 37.1 Å². The van der Waals surface area contributed by atoms with Gasteiger partial charge in [-0.2, -0.15) is 4.57 Å². The third-order valence-electron chi connectivity index (χ3n) is 10.8. The molecule has 0 radical (unpaired) electrons. The molecule has 1 aromatic heterocycles. The number of hydrogen-bond acceptors (Lipinski definition) is 8. The van der Waals surface area contributed by atoms with Crippen molar-refractivity contribution >= 4 is 11.9 Å². The fraction of sp³-hybridized carbons (Fsp3) is 0.851. The molecule has 0 aliphatic rings. The van der Waals surface area contributed by atoms with Gasteiger partial charge in [0.2, 0.25) is 0 Å². The zero-order chi connectivity index (χ0) is 42.4. The highest BCUT2D eigenvalue weighted by molar-refractivity contribution is 5.70. The van der Waals surface area contributed by atoms with Gasteiger partial charge in [-0.15, -0.1) is 10.2 Å². The maximum absolute atomic E-state index is 12.9. The molecular formula is C47H86ClNO8. The van der Waals surface area contributed by atoms with E-state index in [1.807, 2.05) is 0 Å². The number of pyridine rings is 1. The third kappa shape index (κ3) is 39.4. The molecule has 1 unspecified atom stereocenters. The summed E-state index contributed by atoms with van der Waals surface area (Å²) in [5.74, 6) is -0.360. The zero-order valence-electron chi connectivity index (χ0n) is 37.4. The normalized spacial score (nSPS) is 11.9. The minimum absolute atomic E-state index is 0.113. The lowest BCUT2D eigenvalue weighted by atomic mass is 10.0. The molecule has 57 heavy (non-hydrogen) atoms. The van der Waals surface area contributed by atoms with Crippen molar-refractivity contribution in [3.8, 4) is 0 Å². The Labute approximate surface area is 351 Å². The number of ether oxygens (including phenoxy) is 2. The van der Waals surface area contributed by atoms with Gasteiger partial charge in [-0.25, -0.2) is 18.6 Å². The van der Waals surface area contributed by atoms with Crippen molar-refractivity contribution in [1.29, 1.82) is 0 Å². The van der Waals surface area contributed by atoms with Gasteiger partial charge in [0.1, 0.15) is 6.61 Å². The van der Waals surface area contributed by atoms with Gasteiger partial charge in [0.15, 0.2) is 24.0 Å². The number of esters is 2. The predicted molar refractivity (Wildman–Crippen MR) is 221 cm³/mol. The molecule has 0 aliphatic heterocycles. The first-order chi connectivity index (χ1) is 27.4. The highest BCUT2D eigenvalue weighted by atomic mass is 35.7. The number of carbonyl (C=O) groups is 2. The molecule has 1 aromatic rings. The van der Waals surface area contributed by atoms with E-state index in [-0.39, 0.29) is 18.5 Å². The van der Waals surface area contributed by atoms with Gasteiger partial charge in [-0.3, -0.25) is 9.59 Å². The molecule has 1 atom stereocenters. The lowest BCUT2D eigenvalue weighted by Gasteiger charge is -2.17. The second-order valence-electron chi connectivity index (χ2n) is 16.5. The smallest absolute Gasteiger partial charge is 0.306 e. The average Bonchev–Trinajstić information content (AvgIpc) is 3.14. The summed E-state index contributed by atoms with van der Waals surface area (Å²) in [6, 6.07) is 4.29. The van der Waals surface area contributed by atoms with Crippen molar-refractivity contribution < 1.29 is 52.5 Å². The summed E-state index contributed by atoms with van der Waals surface area (Å²) in [4.78, 5) is 25.6. The van der Waals surface area contributed by atoms with E-state index >= 15 is 0 Å². The number of carbonyl (C=O) groups excluding carboxylic acids is 2. The van der Waals surface area contributed by atoms with E-state index in [0.29, 0.717) is 19.4 Å². The van der Waals surface area contributed by atoms with Crippen molar-refractivity contribution in [3.05, 3.63) is 29.1 Å². The fourth-order valence-corrected chi connectivity index (χ4v) is 7.53. The molecular weight excluding hydrogens is 742 g/mol. The lowest BCUT2D eigenvalue weighted by molar-refractivity contribution is -2.00. The largest absolute Gasteiger partial charge is 0.461 e. The Hall–Kier alpha value is -1.78. The van der Waals surface area contributed by atoms with E-state index in [4.69, 9.17) is 28.1 Å². The van der Waals surface area contributed by atoms with Crippen molar-refractivity contribution in [2.75, 3.05) is 6.61 Å². The predicted octanol–water partition coefficient (Wildman–Crippen LogP) is 9.12. The van der Waals surface area contributed by atoms with Crippen LogP contribution in [0.1, 0.15) is 236 Å². The van der Waals surface area contributed by atoms with Crippen LogP contribution in [0, 0.1) is 31.0 Å². The molecule has 0 bridgehead atoms. The fourth-order valence-electron chi connectivity index (χ4n) is 7.53. The van der Waals surface area contributed by atoms with Crippen molar-refractivity contribution in [2.45, 2.75) is 253 Å². The van der Waals surface area contributed by atoms with E-state index in [9.17, 15) is 9.59 Å². The first kappa shape index (κ1) is 55.2. The molecule has 0 aliphatic carbocycles. The molecule has 0 saturated heterocycles. The monoisotopic (exact) mass is 828 g/mol. The molecule has 1 heterocycles. The van der Waals surface area contributed by atoms with Crippen molar-refractivity contribution in [2.24, 2.45) is 0 Å². The van der Waals surface area contributed by atoms with E-state index in [1.165, 1.54) is 173 Å². The van der Waals surface area contributed by atoms with Gasteiger partial charge < -0.3 is 9.47 Å². The Balaban J connectivity index is 0.00000587. The van der Waals surface area contributed by atoms with Crippen LogP contribution in [0.15, 0.2) is 12.1 Å². The Kier molecular flexibility index (Phi) is 37.2. The summed E-state index contributed by atoms with van der Waals surface area (Å²) in [7, 11) is -4.94. The summed E-state index contributed by atoms with van der Waals surface area (Å²) in [6.07, 6.45) is 39.5. The molecule has 334 valence electrons.